The lowest BCUT2D eigenvalue weighted by molar-refractivity contribution is -0.0775. The molecule has 6 atom stereocenters. The molecule has 1 fully saturated rings. The van der Waals surface area contributed by atoms with Crippen molar-refractivity contribution in [2.75, 3.05) is 20.3 Å². The number of phosphoric acid groups is 3. The molecular formula is C10H22N5O13P3. The molecule has 0 aromatic carbocycles. The van der Waals surface area contributed by atoms with E-state index in [-0.39, 0.29) is 24.0 Å². The number of nitrogens with two attached hydrogens (primary N) is 2. The highest BCUT2D eigenvalue weighted by molar-refractivity contribution is 7.66. The average Bonchev–Trinajstić information content (AvgIpc) is 2.87. The highest BCUT2D eigenvalue weighted by Gasteiger charge is 2.47. The first kappa shape index (κ1) is 26.2. The Labute approximate surface area is 174 Å². The van der Waals surface area contributed by atoms with Gasteiger partial charge in [-0.1, -0.05) is 0 Å². The predicted octanol–water partition coefficient (Wildman–Crippen LogP) is -3.25. The number of nitrogens with zero attached hydrogens (tertiary/aromatic N) is 2. The Morgan fingerprint density at radius 1 is 1.13 bits per heavy atom. The second-order valence-corrected chi connectivity index (χ2v) is 10.6. The molecule has 11 N–H and O–H groups in total. The van der Waals surface area contributed by atoms with Crippen molar-refractivity contribution in [2.45, 2.75) is 24.5 Å². The van der Waals surface area contributed by atoms with Crippen LogP contribution in [0.4, 0.5) is 0 Å². The standard InChI is InChI=1S/C10H22N5O13P3/c1-15(9-5(11)8(12)13-3-14-9)10-7(17)6(16)4(26-10)2-25-30(21,22)28-31(23,24)27-29(18,19)20/h4,6-7,10,14,16-17H,2-3,11H2,1H3,(H2,12,13)(H,21,22)(H,23,24)(H2,18,19,20)/t4-,6-,7-,10-/m1/s1. The number of aliphatic hydroxyl groups is 2. The maximum absolute atomic E-state index is 11.8. The molecule has 21 heteroatoms. The molecular weight excluding hydrogens is 491 g/mol. The molecule has 0 aliphatic carbocycles. The summed E-state index contributed by atoms with van der Waals surface area (Å²) < 4.78 is 50.7. The average molecular weight is 513 g/mol. The normalized spacial score (nSPS) is 30.9. The Hall–Kier alpha value is -1.10. The Kier molecular flexibility index (Phi) is 7.94. The third-order valence-corrected chi connectivity index (χ3v) is 7.72. The third kappa shape index (κ3) is 6.94. The molecule has 0 spiro atoms. The smallest absolute Gasteiger partial charge is 0.393 e. The third-order valence-electron chi connectivity index (χ3n) is 3.92. The minimum absolute atomic E-state index is 0.0258. The summed E-state index contributed by atoms with van der Waals surface area (Å²) in [5.74, 6) is 0.245. The van der Waals surface area contributed by atoms with Crippen molar-refractivity contribution >= 4 is 29.3 Å². The minimum atomic E-state index is -5.70. The Morgan fingerprint density at radius 3 is 2.32 bits per heavy atom. The zero-order chi connectivity index (χ0) is 23.8. The number of aliphatic hydroxyl groups excluding tert-OH is 2. The van der Waals surface area contributed by atoms with Gasteiger partial charge < -0.3 is 56.2 Å². The summed E-state index contributed by atoms with van der Waals surface area (Å²) in [5, 5.41) is 23.2. The molecule has 31 heavy (non-hydrogen) atoms. The largest absolute Gasteiger partial charge is 0.490 e. The fraction of sp³-hybridized carbons (Fsp3) is 0.700. The summed E-state index contributed by atoms with van der Waals surface area (Å²) >= 11 is 0. The van der Waals surface area contributed by atoms with Crippen LogP contribution in [0.15, 0.2) is 16.5 Å². The summed E-state index contributed by atoms with van der Waals surface area (Å²) in [6, 6.07) is 0. The number of amidine groups is 1. The van der Waals surface area contributed by atoms with Gasteiger partial charge in [-0.2, -0.15) is 8.62 Å². The van der Waals surface area contributed by atoms with Crippen molar-refractivity contribution in [3.63, 3.8) is 0 Å². The summed E-state index contributed by atoms with van der Waals surface area (Å²) in [7, 11) is -15.2. The highest BCUT2D eigenvalue weighted by Crippen LogP contribution is 2.66. The Bertz CT molecular complexity index is 891. The van der Waals surface area contributed by atoms with E-state index in [1.54, 1.807) is 0 Å². The summed E-state index contributed by atoms with van der Waals surface area (Å²) in [4.78, 5) is 40.7. The molecule has 0 bridgehead atoms. The van der Waals surface area contributed by atoms with Gasteiger partial charge in [0.05, 0.1) is 6.61 Å². The lowest BCUT2D eigenvalue weighted by Crippen LogP contribution is -2.48. The zero-order valence-corrected chi connectivity index (χ0v) is 18.3. The summed E-state index contributed by atoms with van der Waals surface area (Å²) in [5.41, 5.74) is 11.5. The van der Waals surface area contributed by atoms with Crippen LogP contribution >= 0.6 is 23.5 Å². The number of hydrogen-bond acceptors (Lipinski definition) is 14. The molecule has 2 aliphatic heterocycles. The first-order valence-electron chi connectivity index (χ1n) is 8.10. The van der Waals surface area contributed by atoms with Gasteiger partial charge in [0, 0.05) is 7.05 Å². The van der Waals surface area contributed by atoms with E-state index in [0.717, 1.165) is 0 Å². The molecule has 2 rings (SSSR count). The Morgan fingerprint density at radius 2 is 1.74 bits per heavy atom. The summed E-state index contributed by atoms with van der Waals surface area (Å²) in [6.45, 7) is -0.870. The lowest BCUT2D eigenvalue weighted by atomic mass is 10.1. The van der Waals surface area contributed by atoms with E-state index >= 15 is 0 Å². The quantitative estimate of drug-likeness (QED) is 0.137. The monoisotopic (exact) mass is 513 g/mol. The Balaban J connectivity index is 2.03. The van der Waals surface area contributed by atoms with Crippen LogP contribution in [-0.4, -0.2) is 85.4 Å². The van der Waals surface area contributed by atoms with Crippen molar-refractivity contribution in [3.05, 3.63) is 11.5 Å². The van der Waals surface area contributed by atoms with Gasteiger partial charge in [-0.15, -0.1) is 0 Å². The van der Waals surface area contributed by atoms with Gasteiger partial charge in [0.1, 0.15) is 42.3 Å². The fourth-order valence-electron chi connectivity index (χ4n) is 2.60. The summed E-state index contributed by atoms with van der Waals surface area (Å²) in [6.07, 6.45) is -5.90. The van der Waals surface area contributed by atoms with E-state index in [2.05, 4.69) is 23.5 Å². The van der Waals surface area contributed by atoms with Crippen LogP contribution in [0.5, 0.6) is 0 Å². The molecule has 2 heterocycles. The van der Waals surface area contributed by atoms with Gasteiger partial charge in [-0.3, -0.25) is 4.52 Å². The lowest BCUT2D eigenvalue weighted by Gasteiger charge is -2.33. The molecule has 2 unspecified atom stereocenters. The molecule has 0 amide bonds. The first-order valence-corrected chi connectivity index (χ1v) is 12.6. The highest BCUT2D eigenvalue weighted by atomic mass is 31.3. The van der Waals surface area contributed by atoms with Gasteiger partial charge in [0.15, 0.2) is 6.23 Å². The fourth-order valence-corrected chi connectivity index (χ4v) is 5.63. The first-order chi connectivity index (χ1) is 14.0. The van der Waals surface area contributed by atoms with Crippen LogP contribution in [0.25, 0.3) is 0 Å². The maximum Gasteiger partial charge on any atom is 0.490 e. The maximum atomic E-state index is 11.8. The van der Waals surface area contributed by atoms with Gasteiger partial charge in [-0.25, -0.2) is 18.7 Å². The van der Waals surface area contributed by atoms with Crippen molar-refractivity contribution in [2.24, 2.45) is 16.5 Å². The second kappa shape index (κ2) is 9.41. The molecule has 0 aromatic heterocycles. The number of aliphatic imine (C=N–C) groups is 1. The molecule has 180 valence electrons. The number of phosphoric ester groups is 1. The van der Waals surface area contributed by atoms with Gasteiger partial charge in [0.2, 0.25) is 0 Å². The van der Waals surface area contributed by atoms with Crippen LogP contribution in [0.1, 0.15) is 0 Å². The molecule has 18 nitrogen and oxygen atoms in total. The number of likely N-dealkylation sites (N-methyl/N-ethyl adjacent to an activating group) is 1. The number of nitrogens with one attached hydrogen (secondary N) is 1. The SMILES string of the molecule is CN(C1=C(N)C(N)=NCN1)[C@@H]1O[C@H](COP(=O)(O)OP(=O)(O)OP(=O)(O)O)[C@@H](O)[C@H]1O. The van der Waals surface area contributed by atoms with Crippen molar-refractivity contribution in [1.82, 2.24) is 10.2 Å². The topological polar surface area (TPSA) is 289 Å². The van der Waals surface area contributed by atoms with Gasteiger partial charge >= 0.3 is 23.5 Å². The predicted molar refractivity (Wildman–Crippen MR) is 99.1 cm³/mol. The van der Waals surface area contributed by atoms with Crippen LogP contribution in [0, 0.1) is 0 Å². The van der Waals surface area contributed by atoms with Crippen LogP contribution in [-0.2, 0) is 31.6 Å². The van der Waals surface area contributed by atoms with Crippen molar-refractivity contribution < 1.29 is 61.4 Å². The molecule has 0 saturated carbocycles. The van der Waals surface area contributed by atoms with E-state index in [1.165, 1.54) is 11.9 Å². The molecule has 0 aromatic rings. The van der Waals surface area contributed by atoms with Crippen molar-refractivity contribution in [1.29, 1.82) is 0 Å². The van der Waals surface area contributed by atoms with E-state index in [9.17, 15) is 28.8 Å². The molecule has 1 saturated heterocycles. The van der Waals surface area contributed by atoms with E-state index < -0.39 is 54.6 Å². The van der Waals surface area contributed by atoms with Crippen LogP contribution in [0.3, 0.4) is 0 Å². The van der Waals surface area contributed by atoms with Crippen molar-refractivity contribution in [3.8, 4) is 0 Å². The van der Waals surface area contributed by atoms with Gasteiger partial charge in [-0.05, 0) is 0 Å². The molecule has 2 aliphatic rings. The molecule has 0 radical (unpaired) electrons. The van der Waals surface area contributed by atoms with E-state index in [0.29, 0.717) is 0 Å². The van der Waals surface area contributed by atoms with E-state index in [1.807, 2.05) is 0 Å². The second-order valence-electron chi connectivity index (χ2n) is 6.18. The number of ether oxygens (including phenoxy) is 1. The van der Waals surface area contributed by atoms with Gasteiger partial charge in [0.25, 0.3) is 0 Å². The number of hydrogen-bond donors (Lipinski definition) is 9. The zero-order valence-electron chi connectivity index (χ0n) is 15.7. The van der Waals surface area contributed by atoms with Crippen LogP contribution < -0.4 is 16.8 Å². The number of rotatable bonds is 9. The van der Waals surface area contributed by atoms with Crippen LogP contribution in [0.2, 0.25) is 0 Å². The van der Waals surface area contributed by atoms with E-state index in [4.69, 9.17) is 30.9 Å². The minimum Gasteiger partial charge on any atom is -0.393 e.